The SMILES string of the molecule is Cc1nn(CC(=O)N(C)Cc2ccc(Cl)c(Cl)c2)c(=O)c(C#N)c1C. The fourth-order valence-electron chi connectivity index (χ4n) is 2.26. The summed E-state index contributed by atoms with van der Waals surface area (Å²) in [5, 5.41) is 14.1. The third kappa shape index (κ3) is 4.19. The molecule has 2 rings (SSSR count). The van der Waals surface area contributed by atoms with Crippen LogP contribution in [0, 0.1) is 25.2 Å². The van der Waals surface area contributed by atoms with Gasteiger partial charge >= 0.3 is 0 Å². The zero-order valence-electron chi connectivity index (χ0n) is 14.0. The van der Waals surface area contributed by atoms with Crippen LogP contribution in [0.25, 0.3) is 0 Å². The third-order valence-electron chi connectivity index (χ3n) is 3.86. The van der Waals surface area contributed by atoms with E-state index in [9.17, 15) is 9.59 Å². The van der Waals surface area contributed by atoms with Gasteiger partial charge in [0.25, 0.3) is 5.56 Å². The van der Waals surface area contributed by atoms with Crippen LogP contribution in [-0.2, 0) is 17.9 Å². The van der Waals surface area contributed by atoms with Gasteiger partial charge < -0.3 is 4.90 Å². The van der Waals surface area contributed by atoms with Gasteiger partial charge in [-0.3, -0.25) is 9.59 Å². The maximum absolute atomic E-state index is 12.4. The minimum Gasteiger partial charge on any atom is -0.340 e. The Hall–Kier alpha value is -2.36. The smallest absolute Gasteiger partial charge is 0.285 e. The Labute approximate surface area is 155 Å². The van der Waals surface area contributed by atoms with Gasteiger partial charge in [-0.1, -0.05) is 29.3 Å². The molecular weight excluding hydrogens is 363 g/mol. The average Bonchev–Trinajstić information content (AvgIpc) is 2.56. The number of hydrogen-bond donors (Lipinski definition) is 0. The van der Waals surface area contributed by atoms with Crippen molar-refractivity contribution in [2.45, 2.75) is 26.9 Å². The Morgan fingerprint density at radius 2 is 2.00 bits per heavy atom. The zero-order chi connectivity index (χ0) is 18.7. The van der Waals surface area contributed by atoms with Crippen LogP contribution < -0.4 is 5.56 Å². The number of aryl methyl sites for hydroxylation is 1. The predicted molar refractivity (Wildman–Crippen MR) is 95.6 cm³/mol. The van der Waals surface area contributed by atoms with Gasteiger partial charge in [0, 0.05) is 13.6 Å². The second-order valence-electron chi connectivity index (χ2n) is 5.66. The summed E-state index contributed by atoms with van der Waals surface area (Å²) in [5.41, 5.74) is 1.31. The van der Waals surface area contributed by atoms with Crippen molar-refractivity contribution in [3.63, 3.8) is 0 Å². The molecule has 0 spiro atoms. The lowest BCUT2D eigenvalue weighted by Gasteiger charge is -2.18. The van der Waals surface area contributed by atoms with Crippen LogP contribution in [0.4, 0.5) is 0 Å². The molecule has 1 aromatic heterocycles. The number of rotatable bonds is 4. The number of amides is 1. The molecule has 1 aromatic carbocycles. The fourth-order valence-corrected chi connectivity index (χ4v) is 2.58. The number of nitrogens with zero attached hydrogens (tertiary/aromatic N) is 4. The van der Waals surface area contributed by atoms with Gasteiger partial charge in [0.1, 0.15) is 18.2 Å². The molecule has 0 N–H and O–H groups in total. The lowest BCUT2D eigenvalue weighted by molar-refractivity contribution is -0.131. The Balaban J connectivity index is 2.19. The van der Waals surface area contributed by atoms with Gasteiger partial charge in [-0.05, 0) is 37.1 Å². The molecule has 0 aliphatic rings. The highest BCUT2D eigenvalue weighted by Gasteiger charge is 2.16. The van der Waals surface area contributed by atoms with Gasteiger partial charge in [0.15, 0.2) is 0 Å². The van der Waals surface area contributed by atoms with E-state index in [-0.39, 0.29) is 18.0 Å². The molecule has 0 aliphatic heterocycles. The summed E-state index contributed by atoms with van der Waals surface area (Å²) in [4.78, 5) is 26.1. The van der Waals surface area contributed by atoms with Crippen molar-refractivity contribution in [1.82, 2.24) is 14.7 Å². The molecule has 0 fully saturated rings. The first-order valence-electron chi connectivity index (χ1n) is 7.41. The minimum atomic E-state index is -0.568. The van der Waals surface area contributed by atoms with Crippen molar-refractivity contribution in [2.24, 2.45) is 0 Å². The van der Waals surface area contributed by atoms with E-state index in [1.165, 1.54) is 4.90 Å². The Bertz CT molecular complexity index is 931. The van der Waals surface area contributed by atoms with Crippen molar-refractivity contribution >= 4 is 29.1 Å². The molecular formula is C17H16Cl2N4O2. The summed E-state index contributed by atoms with van der Waals surface area (Å²) in [6, 6.07) is 6.98. The summed E-state index contributed by atoms with van der Waals surface area (Å²) in [5.74, 6) is -0.312. The molecule has 0 unspecified atom stereocenters. The molecule has 8 heteroatoms. The van der Waals surface area contributed by atoms with E-state index >= 15 is 0 Å². The molecule has 6 nitrogen and oxygen atoms in total. The van der Waals surface area contributed by atoms with Crippen molar-refractivity contribution in [1.29, 1.82) is 5.26 Å². The van der Waals surface area contributed by atoms with Gasteiger partial charge in [0.2, 0.25) is 5.91 Å². The molecule has 25 heavy (non-hydrogen) atoms. The zero-order valence-corrected chi connectivity index (χ0v) is 15.5. The topological polar surface area (TPSA) is 79.0 Å². The summed E-state index contributed by atoms with van der Waals surface area (Å²) >= 11 is 11.8. The van der Waals surface area contributed by atoms with Gasteiger partial charge in [-0.25, -0.2) is 4.68 Å². The third-order valence-corrected chi connectivity index (χ3v) is 4.60. The lowest BCUT2D eigenvalue weighted by Crippen LogP contribution is -2.36. The van der Waals surface area contributed by atoms with E-state index in [0.717, 1.165) is 10.2 Å². The molecule has 2 aromatic rings. The molecule has 0 bridgehead atoms. The van der Waals surface area contributed by atoms with Crippen LogP contribution in [0.1, 0.15) is 22.4 Å². The summed E-state index contributed by atoms with van der Waals surface area (Å²) in [6.45, 7) is 3.41. The van der Waals surface area contributed by atoms with Crippen molar-refractivity contribution < 1.29 is 4.79 Å². The van der Waals surface area contributed by atoms with Crippen molar-refractivity contribution in [3.05, 3.63) is 61.0 Å². The predicted octanol–water partition coefficient (Wildman–Crippen LogP) is 2.70. The van der Waals surface area contributed by atoms with Crippen LogP contribution >= 0.6 is 23.2 Å². The Morgan fingerprint density at radius 3 is 2.60 bits per heavy atom. The first-order chi connectivity index (χ1) is 11.7. The summed E-state index contributed by atoms with van der Waals surface area (Å²) in [7, 11) is 1.61. The number of hydrogen-bond acceptors (Lipinski definition) is 4. The van der Waals surface area contributed by atoms with Gasteiger partial charge in [-0.2, -0.15) is 10.4 Å². The quantitative estimate of drug-likeness (QED) is 0.818. The van der Waals surface area contributed by atoms with Crippen molar-refractivity contribution in [2.75, 3.05) is 7.05 Å². The average molecular weight is 379 g/mol. The maximum atomic E-state index is 12.4. The molecule has 0 saturated heterocycles. The Morgan fingerprint density at radius 1 is 1.32 bits per heavy atom. The minimum absolute atomic E-state index is 0.00689. The summed E-state index contributed by atoms with van der Waals surface area (Å²) in [6.07, 6.45) is 0. The highest BCUT2D eigenvalue weighted by Crippen LogP contribution is 2.23. The van der Waals surface area contributed by atoms with Crippen LogP contribution in [0.5, 0.6) is 0 Å². The first kappa shape index (κ1) is 19.0. The number of carbonyl (C=O) groups is 1. The summed E-state index contributed by atoms with van der Waals surface area (Å²) < 4.78 is 1.02. The molecule has 1 heterocycles. The van der Waals surface area contributed by atoms with E-state index in [1.54, 1.807) is 39.1 Å². The molecule has 1 amide bonds. The highest BCUT2D eigenvalue weighted by atomic mass is 35.5. The standard InChI is InChI=1S/C17H16Cl2N4O2/c1-10-11(2)21-23(17(25)13(10)7-20)9-16(24)22(3)8-12-4-5-14(18)15(19)6-12/h4-6H,8-9H2,1-3H3. The van der Waals surface area contributed by atoms with Crippen molar-refractivity contribution in [3.8, 4) is 6.07 Å². The van der Waals surface area contributed by atoms with Crippen LogP contribution in [0.15, 0.2) is 23.0 Å². The Kier molecular flexibility index (Phi) is 5.83. The second kappa shape index (κ2) is 7.68. The molecule has 0 saturated carbocycles. The number of nitriles is 1. The molecule has 0 aliphatic carbocycles. The number of benzene rings is 1. The van der Waals surface area contributed by atoms with Gasteiger partial charge in [-0.15, -0.1) is 0 Å². The second-order valence-corrected chi connectivity index (χ2v) is 6.47. The van der Waals surface area contributed by atoms with Gasteiger partial charge in [0.05, 0.1) is 15.7 Å². The highest BCUT2D eigenvalue weighted by molar-refractivity contribution is 6.42. The molecule has 130 valence electrons. The van der Waals surface area contributed by atoms with E-state index < -0.39 is 5.56 Å². The van der Waals surface area contributed by atoms with Crippen LogP contribution in [0.2, 0.25) is 10.0 Å². The van der Waals surface area contributed by atoms with E-state index in [4.69, 9.17) is 28.5 Å². The van der Waals surface area contributed by atoms with Crippen LogP contribution in [0.3, 0.4) is 0 Å². The molecule has 0 atom stereocenters. The normalized spacial score (nSPS) is 10.4. The fraction of sp³-hybridized carbons (Fsp3) is 0.294. The van der Waals surface area contributed by atoms with Crippen LogP contribution in [-0.4, -0.2) is 27.6 Å². The number of likely N-dealkylation sites (N-methyl/N-ethyl adjacent to an activating group) is 1. The number of aromatic nitrogens is 2. The van der Waals surface area contributed by atoms with E-state index in [1.807, 2.05) is 6.07 Å². The monoisotopic (exact) mass is 378 g/mol. The largest absolute Gasteiger partial charge is 0.340 e. The number of carbonyl (C=O) groups excluding carboxylic acids is 1. The van der Waals surface area contributed by atoms with E-state index in [2.05, 4.69) is 5.10 Å². The lowest BCUT2D eigenvalue weighted by atomic mass is 10.1. The maximum Gasteiger partial charge on any atom is 0.285 e. The molecule has 0 radical (unpaired) electrons. The first-order valence-corrected chi connectivity index (χ1v) is 8.16. The number of halogens is 2. The van der Waals surface area contributed by atoms with E-state index in [0.29, 0.717) is 27.8 Å².